The Morgan fingerprint density at radius 2 is 2.25 bits per heavy atom. The van der Waals surface area contributed by atoms with Crippen molar-refractivity contribution in [2.24, 2.45) is 0 Å². The van der Waals surface area contributed by atoms with E-state index in [-0.39, 0.29) is 5.76 Å². The van der Waals surface area contributed by atoms with Crippen LogP contribution in [-0.4, -0.2) is 16.3 Å². The number of hydrogen-bond donors (Lipinski definition) is 2. The van der Waals surface area contributed by atoms with Gasteiger partial charge in [0.15, 0.2) is 0 Å². The van der Waals surface area contributed by atoms with Crippen molar-refractivity contribution in [1.29, 1.82) is 0 Å². The third kappa shape index (κ3) is 5.98. The highest BCUT2D eigenvalue weighted by Gasteiger charge is 2.04. The summed E-state index contributed by atoms with van der Waals surface area (Å²) in [4.78, 5) is 0. The van der Waals surface area contributed by atoms with E-state index >= 15 is 0 Å². The van der Waals surface area contributed by atoms with Crippen LogP contribution in [0.3, 0.4) is 0 Å². The number of rotatable bonds is 6. The zero-order chi connectivity index (χ0) is 9.40. The molecule has 0 aliphatic heterocycles. The van der Waals surface area contributed by atoms with Crippen LogP contribution in [-0.2, 0) is 0 Å². The molecule has 0 aliphatic carbocycles. The summed E-state index contributed by atoms with van der Waals surface area (Å²) < 4.78 is 0. The van der Waals surface area contributed by atoms with Gasteiger partial charge in [-0.1, -0.05) is 32.4 Å². The Balaban J connectivity index is 3.60. The average Bonchev–Trinajstić information content (AvgIpc) is 2.01. The van der Waals surface area contributed by atoms with Gasteiger partial charge in [0, 0.05) is 6.42 Å². The molecule has 1 unspecified atom stereocenters. The van der Waals surface area contributed by atoms with Gasteiger partial charge in [0.25, 0.3) is 0 Å². The van der Waals surface area contributed by atoms with Gasteiger partial charge in [0.1, 0.15) is 0 Å². The zero-order valence-corrected chi connectivity index (χ0v) is 7.66. The highest BCUT2D eigenvalue weighted by molar-refractivity contribution is 5.03. The number of hydrogen-bond acceptors (Lipinski definition) is 2. The van der Waals surface area contributed by atoms with Gasteiger partial charge < -0.3 is 10.2 Å². The Bertz CT molecular complexity index is 150. The minimum absolute atomic E-state index is 0.202. The molecule has 0 bridgehead atoms. The second-order valence-electron chi connectivity index (χ2n) is 2.89. The van der Waals surface area contributed by atoms with Crippen molar-refractivity contribution < 1.29 is 10.2 Å². The molecule has 0 heterocycles. The van der Waals surface area contributed by atoms with Gasteiger partial charge in [-0.05, 0) is 12.5 Å². The lowest BCUT2D eigenvalue weighted by molar-refractivity contribution is 0.146. The minimum Gasteiger partial charge on any atom is -0.512 e. The van der Waals surface area contributed by atoms with Crippen LogP contribution < -0.4 is 0 Å². The predicted octanol–water partition coefficient (Wildman–Crippen LogP) is 2.56. The molecular formula is C10H18O2. The lowest BCUT2D eigenvalue weighted by Crippen LogP contribution is -2.07. The summed E-state index contributed by atoms with van der Waals surface area (Å²) in [5, 5.41) is 18.5. The van der Waals surface area contributed by atoms with Gasteiger partial charge in [-0.15, -0.1) is 0 Å². The maximum atomic E-state index is 9.34. The number of allylic oxidation sites excluding steroid dienone is 2. The van der Waals surface area contributed by atoms with E-state index in [1.54, 1.807) is 0 Å². The Kier molecular flexibility index (Phi) is 6.48. The minimum atomic E-state index is -0.416. The predicted molar refractivity (Wildman–Crippen MR) is 51.1 cm³/mol. The summed E-state index contributed by atoms with van der Waals surface area (Å²) in [5.41, 5.74) is 0. The number of aliphatic hydroxyl groups is 2. The van der Waals surface area contributed by atoms with E-state index in [0.29, 0.717) is 6.42 Å². The van der Waals surface area contributed by atoms with Crippen molar-refractivity contribution in [2.75, 3.05) is 0 Å². The molecule has 0 rings (SSSR count). The summed E-state index contributed by atoms with van der Waals surface area (Å²) in [5.74, 6) is 0.202. The maximum absolute atomic E-state index is 9.34. The molecule has 12 heavy (non-hydrogen) atoms. The number of aliphatic hydroxyl groups excluding tert-OH is 2. The second-order valence-corrected chi connectivity index (χ2v) is 2.89. The van der Waals surface area contributed by atoms with Gasteiger partial charge in [0.05, 0.1) is 11.9 Å². The van der Waals surface area contributed by atoms with Gasteiger partial charge in [-0.25, -0.2) is 0 Å². The van der Waals surface area contributed by atoms with E-state index in [0.717, 1.165) is 19.3 Å². The fourth-order valence-corrected chi connectivity index (χ4v) is 0.987. The average molecular weight is 170 g/mol. The summed E-state index contributed by atoms with van der Waals surface area (Å²) in [7, 11) is 0. The van der Waals surface area contributed by atoms with E-state index in [2.05, 4.69) is 13.5 Å². The van der Waals surface area contributed by atoms with Crippen molar-refractivity contribution in [3.05, 3.63) is 24.5 Å². The molecule has 0 saturated carbocycles. The lowest BCUT2D eigenvalue weighted by atomic mass is 10.1. The first-order valence-corrected chi connectivity index (χ1v) is 4.39. The van der Waals surface area contributed by atoms with Crippen molar-refractivity contribution in [1.82, 2.24) is 0 Å². The molecule has 0 spiro atoms. The van der Waals surface area contributed by atoms with Gasteiger partial charge in [0.2, 0.25) is 0 Å². The highest BCUT2D eigenvalue weighted by atomic mass is 16.3. The van der Waals surface area contributed by atoms with E-state index in [1.165, 1.54) is 12.2 Å². The molecule has 2 nitrogen and oxygen atoms in total. The smallest absolute Gasteiger partial charge is 0.0948 e. The normalized spacial score (nSPS) is 14.3. The monoisotopic (exact) mass is 170 g/mol. The Labute approximate surface area is 74.2 Å². The topological polar surface area (TPSA) is 40.5 Å². The van der Waals surface area contributed by atoms with Gasteiger partial charge in [-0.2, -0.15) is 0 Å². The van der Waals surface area contributed by atoms with Crippen LogP contribution in [0.2, 0.25) is 0 Å². The standard InChI is InChI=1S/C10H18O2/c1-3-5-7-10(12)8-9(11)6-4-2/h4,6,10-12H,2-3,5,7-8H2,1H3. The summed E-state index contributed by atoms with van der Waals surface area (Å²) in [6.07, 6.45) is 5.78. The lowest BCUT2D eigenvalue weighted by Gasteiger charge is -2.08. The molecule has 0 aliphatic rings. The van der Waals surface area contributed by atoms with Crippen LogP contribution in [0.1, 0.15) is 32.6 Å². The SMILES string of the molecule is C=CC=C(O)CC(O)CCCC. The number of unbranched alkanes of at least 4 members (excludes halogenated alkanes) is 1. The van der Waals surface area contributed by atoms with Crippen LogP contribution in [0.25, 0.3) is 0 Å². The Morgan fingerprint density at radius 3 is 2.75 bits per heavy atom. The molecule has 0 aromatic carbocycles. The first-order valence-electron chi connectivity index (χ1n) is 4.39. The van der Waals surface area contributed by atoms with E-state index < -0.39 is 6.10 Å². The van der Waals surface area contributed by atoms with Crippen LogP contribution >= 0.6 is 0 Å². The fraction of sp³-hybridized carbons (Fsp3) is 0.600. The molecule has 2 heteroatoms. The Hall–Kier alpha value is -0.760. The van der Waals surface area contributed by atoms with E-state index in [1.807, 2.05) is 0 Å². The Morgan fingerprint density at radius 1 is 1.58 bits per heavy atom. The van der Waals surface area contributed by atoms with E-state index in [9.17, 15) is 5.11 Å². The van der Waals surface area contributed by atoms with Crippen molar-refractivity contribution in [3.63, 3.8) is 0 Å². The van der Waals surface area contributed by atoms with E-state index in [4.69, 9.17) is 5.11 Å². The molecule has 0 saturated heterocycles. The van der Waals surface area contributed by atoms with Crippen molar-refractivity contribution in [2.45, 2.75) is 38.7 Å². The highest BCUT2D eigenvalue weighted by Crippen LogP contribution is 2.08. The van der Waals surface area contributed by atoms with Crippen LogP contribution in [0.15, 0.2) is 24.5 Å². The third-order valence-electron chi connectivity index (χ3n) is 1.65. The molecule has 0 radical (unpaired) electrons. The van der Waals surface area contributed by atoms with Crippen LogP contribution in [0.4, 0.5) is 0 Å². The van der Waals surface area contributed by atoms with Crippen LogP contribution in [0, 0.1) is 0 Å². The molecule has 70 valence electrons. The molecule has 0 fully saturated rings. The molecular weight excluding hydrogens is 152 g/mol. The maximum Gasteiger partial charge on any atom is 0.0948 e. The van der Waals surface area contributed by atoms with Crippen molar-refractivity contribution >= 4 is 0 Å². The summed E-state index contributed by atoms with van der Waals surface area (Å²) in [6, 6.07) is 0. The third-order valence-corrected chi connectivity index (χ3v) is 1.65. The molecule has 1 atom stereocenters. The summed E-state index contributed by atoms with van der Waals surface area (Å²) >= 11 is 0. The molecule has 0 aromatic rings. The second kappa shape index (κ2) is 6.92. The first kappa shape index (κ1) is 11.2. The summed E-state index contributed by atoms with van der Waals surface area (Å²) in [6.45, 7) is 5.53. The quantitative estimate of drug-likeness (QED) is 0.475. The first-order chi connectivity index (χ1) is 5.70. The largest absolute Gasteiger partial charge is 0.512 e. The van der Waals surface area contributed by atoms with Gasteiger partial charge in [-0.3, -0.25) is 0 Å². The molecule has 0 aromatic heterocycles. The molecule has 0 amide bonds. The van der Waals surface area contributed by atoms with Crippen LogP contribution in [0.5, 0.6) is 0 Å². The van der Waals surface area contributed by atoms with Crippen molar-refractivity contribution in [3.8, 4) is 0 Å². The zero-order valence-electron chi connectivity index (χ0n) is 7.66. The molecule has 2 N–H and O–H groups in total. The van der Waals surface area contributed by atoms with Gasteiger partial charge >= 0.3 is 0 Å². The fourth-order valence-electron chi connectivity index (χ4n) is 0.987.